The lowest BCUT2D eigenvalue weighted by molar-refractivity contribution is -0.147. The Morgan fingerprint density at radius 2 is 2.00 bits per heavy atom. The average Bonchev–Trinajstić information content (AvgIpc) is 3.44. The summed E-state index contributed by atoms with van der Waals surface area (Å²) in [6.07, 6.45) is 9.29. The van der Waals surface area contributed by atoms with Crippen LogP contribution < -0.4 is 15.7 Å². The number of aromatic nitrogens is 1. The normalized spacial score (nSPS) is 20.8. The summed E-state index contributed by atoms with van der Waals surface area (Å²) in [6.45, 7) is 2.76. The molecule has 2 fully saturated rings. The number of aromatic amines is 1. The lowest BCUT2D eigenvalue weighted by Gasteiger charge is -2.48. The van der Waals surface area contributed by atoms with Gasteiger partial charge in [-0.25, -0.2) is 4.79 Å². The Morgan fingerprint density at radius 1 is 1.14 bits per heavy atom. The van der Waals surface area contributed by atoms with E-state index < -0.39 is 23.2 Å². The fourth-order valence-electron chi connectivity index (χ4n) is 6.97. The van der Waals surface area contributed by atoms with Crippen LogP contribution in [0.3, 0.4) is 0 Å². The van der Waals surface area contributed by atoms with Gasteiger partial charge in [-0.15, -0.1) is 0 Å². The number of likely N-dealkylation sites (tertiary alicyclic amines) is 1. The van der Waals surface area contributed by atoms with Crippen molar-refractivity contribution in [2.45, 2.75) is 76.4 Å². The van der Waals surface area contributed by atoms with Crippen molar-refractivity contribution < 1.29 is 23.8 Å². The molecule has 6 rings (SSSR count). The van der Waals surface area contributed by atoms with Crippen LogP contribution in [0.25, 0.3) is 21.9 Å². The number of aliphatic hydroxyl groups is 1. The lowest BCUT2D eigenvalue weighted by Crippen LogP contribution is -2.58. The molecule has 3 heterocycles. The molecule has 0 spiro atoms. The number of hydrogen-bond acceptors (Lipinski definition) is 6. The smallest absolute Gasteiger partial charge is 0.336 e. The first-order valence-corrected chi connectivity index (χ1v) is 15.9. The van der Waals surface area contributed by atoms with Crippen LogP contribution >= 0.6 is 0 Å². The summed E-state index contributed by atoms with van der Waals surface area (Å²) in [5.74, 6) is -0.122. The lowest BCUT2D eigenvalue weighted by atomic mass is 9.71. The molecule has 2 aromatic heterocycles. The zero-order valence-corrected chi connectivity index (χ0v) is 25.3. The third-order valence-electron chi connectivity index (χ3n) is 9.44. The van der Waals surface area contributed by atoms with Crippen LogP contribution in [0.4, 0.5) is 0 Å². The van der Waals surface area contributed by atoms with E-state index in [0.717, 1.165) is 72.4 Å². The first-order valence-electron chi connectivity index (χ1n) is 15.9. The molecule has 0 bridgehead atoms. The zero-order chi connectivity index (χ0) is 30.7. The van der Waals surface area contributed by atoms with E-state index in [1.165, 1.54) is 6.07 Å². The van der Waals surface area contributed by atoms with Gasteiger partial charge >= 0.3 is 5.63 Å². The maximum absolute atomic E-state index is 14.0. The number of fused-ring (bicyclic) bond motifs is 3. The van der Waals surface area contributed by atoms with Gasteiger partial charge < -0.3 is 29.5 Å². The van der Waals surface area contributed by atoms with E-state index >= 15 is 0 Å². The molecule has 0 radical (unpaired) electrons. The molecule has 0 unspecified atom stereocenters. The Balaban J connectivity index is 1.17. The summed E-state index contributed by atoms with van der Waals surface area (Å²) in [7, 11) is 0. The molecule has 3 atom stereocenters. The molecule has 2 amide bonds. The highest BCUT2D eigenvalue weighted by molar-refractivity contribution is 5.90. The van der Waals surface area contributed by atoms with Gasteiger partial charge in [0.2, 0.25) is 5.91 Å². The van der Waals surface area contributed by atoms with E-state index in [-0.39, 0.29) is 18.4 Å². The highest BCUT2D eigenvalue weighted by Crippen LogP contribution is 2.40. The first-order chi connectivity index (χ1) is 21.3. The molecule has 3 N–H and O–H groups in total. The van der Waals surface area contributed by atoms with Gasteiger partial charge in [0, 0.05) is 60.0 Å². The molecule has 9 heteroatoms. The van der Waals surface area contributed by atoms with Gasteiger partial charge in [0.15, 0.2) is 6.61 Å². The standard InChI is InChI=1S/C35H41N3O6/c1-2-3-8-23-18-33(40)44-31-19-26(12-13-28(23)31)43-22-32(39)37-30(17-24-20-36-29-11-5-4-10-27(24)29)34(41)38-16-15-35(42)14-7-6-9-25(35)21-38/h4-5,10-13,18-20,25,30,36,42H,2-3,6-9,14-17,21-22H2,1H3,(H,37,39)/t25-,30-,35-/m0/s1. The summed E-state index contributed by atoms with van der Waals surface area (Å²) in [5.41, 5.74) is 2.14. The molecular weight excluding hydrogens is 558 g/mol. The Morgan fingerprint density at radius 3 is 2.86 bits per heavy atom. The van der Waals surface area contributed by atoms with Crippen LogP contribution in [0, 0.1) is 5.92 Å². The van der Waals surface area contributed by atoms with E-state index in [2.05, 4.69) is 17.2 Å². The fourth-order valence-corrected chi connectivity index (χ4v) is 6.97. The second-order valence-electron chi connectivity index (χ2n) is 12.4. The molecule has 1 aliphatic heterocycles. The predicted octanol–water partition coefficient (Wildman–Crippen LogP) is 4.88. The Bertz CT molecular complexity index is 1710. The third-order valence-corrected chi connectivity index (χ3v) is 9.44. The van der Waals surface area contributed by atoms with Crippen molar-refractivity contribution in [3.63, 3.8) is 0 Å². The number of ether oxygens (including phenoxy) is 1. The minimum Gasteiger partial charge on any atom is -0.484 e. The number of aryl methyl sites for hydroxylation is 1. The predicted molar refractivity (Wildman–Crippen MR) is 169 cm³/mol. The van der Waals surface area contributed by atoms with Crippen LogP contribution in [-0.2, 0) is 22.4 Å². The van der Waals surface area contributed by atoms with Crippen molar-refractivity contribution in [3.8, 4) is 5.75 Å². The fraction of sp³-hybridized carbons (Fsp3) is 0.457. The van der Waals surface area contributed by atoms with Crippen LogP contribution in [0.1, 0.15) is 63.0 Å². The van der Waals surface area contributed by atoms with Gasteiger partial charge in [0.25, 0.3) is 5.91 Å². The first kappa shape index (κ1) is 29.9. The maximum atomic E-state index is 14.0. The van der Waals surface area contributed by atoms with Crippen LogP contribution in [0.5, 0.6) is 5.75 Å². The van der Waals surface area contributed by atoms with Crippen molar-refractivity contribution in [3.05, 3.63) is 76.3 Å². The minimum atomic E-state index is -0.796. The monoisotopic (exact) mass is 599 g/mol. The van der Waals surface area contributed by atoms with E-state index in [4.69, 9.17) is 9.15 Å². The Hall–Kier alpha value is -4.11. The number of carbonyl (C=O) groups is 2. The topological polar surface area (TPSA) is 125 Å². The number of benzene rings is 2. The van der Waals surface area contributed by atoms with Gasteiger partial charge in [-0.3, -0.25) is 9.59 Å². The highest BCUT2D eigenvalue weighted by atomic mass is 16.5. The van der Waals surface area contributed by atoms with Crippen molar-refractivity contribution in [1.82, 2.24) is 15.2 Å². The van der Waals surface area contributed by atoms with Gasteiger partial charge in [0.1, 0.15) is 17.4 Å². The molecule has 44 heavy (non-hydrogen) atoms. The summed E-state index contributed by atoms with van der Waals surface area (Å²) < 4.78 is 11.2. The molecule has 1 saturated heterocycles. The summed E-state index contributed by atoms with van der Waals surface area (Å²) in [5, 5.41) is 16.0. The molecule has 9 nitrogen and oxygen atoms in total. The second kappa shape index (κ2) is 12.9. The summed E-state index contributed by atoms with van der Waals surface area (Å²) in [6, 6.07) is 13.9. The molecule has 2 aromatic carbocycles. The molecular formula is C35H41N3O6. The van der Waals surface area contributed by atoms with E-state index in [9.17, 15) is 19.5 Å². The number of para-hydroxylation sites is 1. The quantitative estimate of drug-likeness (QED) is 0.223. The molecule has 1 saturated carbocycles. The highest BCUT2D eigenvalue weighted by Gasteiger charge is 2.44. The van der Waals surface area contributed by atoms with Gasteiger partial charge in [-0.1, -0.05) is 44.4 Å². The van der Waals surface area contributed by atoms with Gasteiger partial charge in [0.05, 0.1) is 5.60 Å². The molecule has 232 valence electrons. The Kier molecular flexibility index (Phi) is 8.75. The average molecular weight is 600 g/mol. The summed E-state index contributed by atoms with van der Waals surface area (Å²) in [4.78, 5) is 44.4. The van der Waals surface area contributed by atoms with Crippen molar-refractivity contribution in [1.29, 1.82) is 0 Å². The largest absolute Gasteiger partial charge is 0.484 e. The number of hydrogen-bond donors (Lipinski definition) is 3. The molecule has 4 aromatic rings. The third kappa shape index (κ3) is 6.38. The number of nitrogens with one attached hydrogen (secondary N) is 2. The van der Waals surface area contributed by atoms with Crippen LogP contribution in [-0.4, -0.2) is 58.1 Å². The Labute approximate surface area is 256 Å². The van der Waals surface area contributed by atoms with Gasteiger partial charge in [-0.05, 0) is 61.4 Å². The van der Waals surface area contributed by atoms with E-state index in [0.29, 0.717) is 37.3 Å². The number of nitrogens with zero attached hydrogens (tertiary/aromatic N) is 1. The minimum absolute atomic E-state index is 0.0529. The van der Waals surface area contributed by atoms with Crippen molar-refractivity contribution in [2.75, 3.05) is 19.7 Å². The number of rotatable bonds is 10. The molecule has 1 aliphatic carbocycles. The zero-order valence-electron chi connectivity index (χ0n) is 25.3. The van der Waals surface area contributed by atoms with Crippen molar-refractivity contribution >= 4 is 33.7 Å². The van der Waals surface area contributed by atoms with Crippen LogP contribution in [0.2, 0.25) is 0 Å². The number of piperidine rings is 1. The second-order valence-corrected chi connectivity index (χ2v) is 12.4. The van der Waals surface area contributed by atoms with E-state index in [1.54, 1.807) is 12.1 Å². The van der Waals surface area contributed by atoms with Crippen molar-refractivity contribution in [2.24, 2.45) is 5.92 Å². The summed E-state index contributed by atoms with van der Waals surface area (Å²) >= 11 is 0. The molecule has 2 aliphatic rings. The SMILES string of the molecule is CCCCc1cc(=O)oc2cc(OCC(=O)N[C@@H](Cc3c[nH]c4ccccc34)C(=O)N3CC[C@@]4(O)CCCC[C@H]4C3)ccc12. The number of amides is 2. The number of carbonyl (C=O) groups excluding carboxylic acids is 2. The van der Waals surface area contributed by atoms with Gasteiger partial charge in [-0.2, -0.15) is 0 Å². The van der Waals surface area contributed by atoms with Crippen LogP contribution in [0.15, 0.2) is 63.9 Å². The maximum Gasteiger partial charge on any atom is 0.336 e. The number of H-pyrrole nitrogens is 1. The van der Waals surface area contributed by atoms with E-state index in [1.807, 2.05) is 41.4 Å². The number of unbranched alkanes of at least 4 members (excludes halogenated alkanes) is 1.